The number of halogens is 4. The minimum Gasteiger partial charge on any atom is -0.495 e. The van der Waals surface area contributed by atoms with Crippen LogP contribution >= 0.6 is 11.6 Å². The van der Waals surface area contributed by atoms with Crippen molar-refractivity contribution in [3.8, 4) is 5.75 Å². The van der Waals surface area contributed by atoms with E-state index in [1.165, 1.54) is 13.2 Å². The molecule has 2 N–H and O–H groups in total. The van der Waals surface area contributed by atoms with Crippen molar-refractivity contribution in [2.45, 2.75) is 37.4 Å². The standard InChI is InChI=1S/C13H15ClF3NO/c1-7(18)12(3-4-12)8-5-10(14)11(19-2)6-9(8)13(15,16)17/h5-7H,3-4,18H2,1-2H3. The predicted octanol–water partition coefficient (Wildman–Crippen LogP) is 3.75. The molecule has 1 unspecified atom stereocenters. The quantitative estimate of drug-likeness (QED) is 0.921. The van der Waals surface area contributed by atoms with Crippen molar-refractivity contribution in [2.24, 2.45) is 5.73 Å². The van der Waals surface area contributed by atoms with Gasteiger partial charge in [-0.25, -0.2) is 0 Å². The van der Waals surface area contributed by atoms with E-state index in [4.69, 9.17) is 22.1 Å². The summed E-state index contributed by atoms with van der Waals surface area (Å²) in [6, 6.07) is 1.96. The first kappa shape index (κ1) is 14.5. The molecule has 1 saturated carbocycles. The van der Waals surface area contributed by atoms with E-state index in [9.17, 15) is 13.2 Å². The molecule has 106 valence electrons. The molecule has 2 nitrogen and oxygen atoms in total. The van der Waals surface area contributed by atoms with Gasteiger partial charge in [0.25, 0.3) is 0 Å². The molecule has 0 spiro atoms. The van der Waals surface area contributed by atoms with Gasteiger partial charge in [0, 0.05) is 11.5 Å². The number of methoxy groups -OCH3 is 1. The second kappa shape index (κ2) is 4.56. The van der Waals surface area contributed by atoms with Crippen molar-refractivity contribution < 1.29 is 17.9 Å². The zero-order valence-electron chi connectivity index (χ0n) is 10.6. The third-order valence-corrected chi connectivity index (χ3v) is 4.09. The number of hydrogen-bond donors (Lipinski definition) is 1. The number of hydrogen-bond acceptors (Lipinski definition) is 2. The Morgan fingerprint density at radius 2 is 1.95 bits per heavy atom. The van der Waals surface area contributed by atoms with Gasteiger partial charge in [0.2, 0.25) is 0 Å². The van der Waals surface area contributed by atoms with Gasteiger partial charge >= 0.3 is 6.18 Å². The number of alkyl halides is 3. The summed E-state index contributed by atoms with van der Waals surface area (Å²) in [6.45, 7) is 1.73. The normalized spacial score (nSPS) is 19.1. The molecule has 6 heteroatoms. The Morgan fingerprint density at radius 1 is 1.37 bits per heavy atom. The lowest BCUT2D eigenvalue weighted by molar-refractivity contribution is -0.138. The van der Waals surface area contributed by atoms with Crippen molar-refractivity contribution >= 4 is 11.6 Å². The van der Waals surface area contributed by atoms with Crippen molar-refractivity contribution in [1.82, 2.24) is 0 Å². The Kier molecular flexibility index (Phi) is 3.47. The Hall–Kier alpha value is -0.940. The van der Waals surface area contributed by atoms with Gasteiger partial charge < -0.3 is 10.5 Å². The first-order valence-corrected chi connectivity index (χ1v) is 6.31. The molecule has 0 radical (unpaired) electrons. The Morgan fingerprint density at radius 3 is 2.32 bits per heavy atom. The van der Waals surface area contributed by atoms with E-state index in [-0.39, 0.29) is 22.4 Å². The van der Waals surface area contributed by atoms with E-state index in [0.29, 0.717) is 12.8 Å². The molecule has 19 heavy (non-hydrogen) atoms. The molecule has 1 aromatic rings. The van der Waals surface area contributed by atoms with E-state index >= 15 is 0 Å². The molecule has 1 aromatic carbocycles. The van der Waals surface area contributed by atoms with Crippen LogP contribution in [-0.4, -0.2) is 13.2 Å². The minimum absolute atomic E-state index is 0.0261. The Labute approximate surface area is 114 Å². The van der Waals surface area contributed by atoms with Gasteiger partial charge in [-0.05, 0) is 37.5 Å². The van der Waals surface area contributed by atoms with Crippen LogP contribution in [0.3, 0.4) is 0 Å². The molecule has 0 heterocycles. The molecular formula is C13H15ClF3NO. The zero-order chi connectivity index (χ0) is 14.4. The molecular weight excluding hydrogens is 279 g/mol. The fraction of sp³-hybridized carbons (Fsp3) is 0.538. The van der Waals surface area contributed by atoms with Crippen LogP contribution in [0.1, 0.15) is 30.9 Å². The molecule has 2 rings (SSSR count). The van der Waals surface area contributed by atoms with Gasteiger partial charge in [0.1, 0.15) is 5.75 Å². The summed E-state index contributed by atoms with van der Waals surface area (Å²) < 4.78 is 44.4. The Balaban J connectivity index is 2.63. The van der Waals surface area contributed by atoms with Gasteiger partial charge in [-0.3, -0.25) is 0 Å². The summed E-state index contributed by atoms with van der Waals surface area (Å²) in [7, 11) is 1.29. The van der Waals surface area contributed by atoms with Gasteiger partial charge in [-0.1, -0.05) is 11.6 Å². The van der Waals surface area contributed by atoms with E-state index in [1.807, 2.05) is 0 Å². The Bertz CT molecular complexity index is 495. The molecule has 0 aliphatic heterocycles. The summed E-state index contributed by atoms with van der Waals surface area (Å²) in [5.74, 6) is 0.0261. The fourth-order valence-electron chi connectivity index (χ4n) is 2.46. The topological polar surface area (TPSA) is 35.2 Å². The average molecular weight is 294 g/mol. The van der Waals surface area contributed by atoms with E-state index in [0.717, 1.165) is 6.07 Å². The van der Waals surface area contributed by atoms with E-state index < -0.39 is 17.2 Å². The summed E-state index contributed by atoms with van der Waals surface area (Å²) >= 11 is 5.96. The third-order valence-electron chi connectivity index (χ3n) is 3.79. The SMILES string of the molecule is COc1cc(C(F)(F)F)c(C2(C(C)N)CC2)cc1Cl. The summed E-state index contributed by atoms with van der Waals surface area (Å²) in [6.07, 6.45) is -3.15. The lowest BCUT2D eigenvalue weighted by atomic mass is 9.85. The lowest BCUT2D eigenvalue weighted by Crippen LogP contribution is -2.33. The van der Waals surface area contributed by atoms with Gasteiger partial charge in [0.05, 0.1) is 17.7 Å². The smallest absolute Gasteiger partial charge is 0.416 e. The van der Waals surface area contributed by atoms with Crippen molar-refractivity contribution in [3.63, 3.8) is 0 Å². The molecule has 0 bridgehead atoms. The van der Waals surface area contributed by atoms with Crippen LogP contribution in [0.25, 0.3) is 0 Å². The number of benzene rings is 1. The maximum absolute atomic E-state index is 13.2. The highest BCUT2D eigenvalue weighted by Crippen LogP contribution is 2.55. The molecule has 1 aliphatic carbocycles. The van der Waals surface area contributed by atoms with Crippen LogP contribution in [0, 0.1) is 0 Å². The van der Waals surface area contributed by atoms with Crippen LogP contribution in [0.15, 0.2) is 12.1 Å². The summed E-state index contributed by atoms with van der Waals surface area (Å²) in [5.41, 5.74) is 4.72. The highest BCUT2D eigenvalue weighted by Gasteiger charge is 2.52. The summed E-state index contributed by atoms with van der Waals surface area (Å²) in [5, 5.41) is 0.178. The maximum Gasteiger partial charge on any atom is 0.416 e. The van der Waals surface area contributed by atoms with Gasteiger partial charge in [0.15, 0.2) is 0 Å². The highest BCUT2D eigenvalue weighted by molar-refractivity contribution is 6.32. The van der Waals surface area contributed by atoms with Crippen molar-refractivity contribution in [3.05, 3.63) is 28.3 Å². The molecule has 1 aliphatic rings. The minimum atomic E-state index is -4.45. The van der Waals surface area contributed by atoms with E-state index in [2.05, 4.69) is 0 Å². The largest absolute Gasteiger partial charge is 0.495 e. The summed E-state index contributed by atoms with van der Waals surface area (Å²) in [4.78, 5) is 0. The number of ether oxygens (including phenoxy) is 1. The van der Waals surface area contributed by atoms with Crippen LogP contribution < -0.4 is 10.5 Å². The maximum atomic E-state index is 13.2. The number of rotatable bonds is 3. The zero-order valence-corrected chi connectivity index (χ0v) is 11.4. The molecule has 1 atom stereocenters. The van der Waals surface area contributed by atoms with E-state index in [1.54, 1.807) is 6.92 Å². The fourth-order valence-corrected chi connectivity index (χ4v) is 2.70. The van der Waals surface area contributed by atoms with Crippen molar-refractivity contribution in [1.29, 1.82) is 0 Å². The second-order valence-corrected chi connectivity index (χ2v) is 5.38. The molecule has 0 aromatic heterocycles. The second-order valence-electron chi connectivity index (χ2n) is 4.97. The first-order chi connectivity index (χ1) is 8.72. The highest BCUT2D eigenvalue weighted by atomic mass is 35.5. The molecule has 1 fully saturated rings. The lowest BCUT2D eigenvalue weighted by Gasteiger charge is -2.25. The van der Waals surface area contributed by atoms with Gasteiger partial charge in [-0.15, -0.1) is 0 Å². The predicted molar refractivity (Wildman–Crippen MR) is 67.6 cm³/mol. The molecule has 0 amide bonds. The first-order valence-electron chi connectivity index (χ1n) is 5.93. The van der Waals surface area contributed by atoms with Crippen molar-refractivity contribution in [2.75, 3.05) is 7.11 Å². The number of nitrogens with two attached hydrogens (primary N) is 1. The van der Waals surface area contributed by atoms with Crippen LogP contribution in [-0.2, 0) is 11.6 Å². The molecule has 0 saturated heterocycles. The van der Waals surface area contributed by atoms with Crippen LogP contribution in [0.2, 0.25) is 5.02 Å². The van der Waals surface area contributed by atoms with Crippen LogP contribution in [0.5, 0.6) is 5.75 Å². The average Bonchev–Trinajstić information content (AvgIpc) is 3.08. The van der Waals surface area contributed by atoms with Crippen LogP contribution in [0.4, 0.5) is 13.2 Å². The van der Waals surface area contributed by atoms with Gasteiger partial charge in [-0.2, -0.15) is 13.2 Å². The monoisotopic (exact) mass is 293 g/mol. The third kappa shape index (κ3) is 2.41.